The highest BCUT2D eigenvalue weighted by molar-refractivity contribution is 6.13. The van der Waals surface area contributed by atoms with Crippen LogP contribution in [0.3, 0.4) is 0 Å². The van der Waals surface area contributed by atoms with Gasteiger partial charge in [-0.05, 0) is 67.7 Å². The molecule has 2 aromatic carbocycles. The van der Waals surface area contributed by atoms with Gasteiger partial charge in [0.15, 0.2) is 5.78 Å². The molecule has 1 aliphatic rings. The van der Waals surface area contributed by atoms with Crippen LogP contribution in [-0.4, -0.2) is 12.9 Å². The molecule has 0 radical (unpaired) electrons. The Morgan fingerprint density at radius 3 is 2.68 bits per heavy atom. The van der Waals surface area contributed by atoms with Gasteiger partial charge in [0.25, 0.3) is 0 Å². The van der Waals surface area contributed by atoms with Crippen LogP contribution < -0.4 is 4.74 Å². The van der Waals surface area contributed by atoms with Crippen LogP contribution in [0.5, 0.6) is 5.75 Å². The summed E-state index contributed by atoms with van der Waals surface area (Å²) in [6.45, 7) is 4.14. The van der Waals surface area contributed by atoms with E-state index in [4.69, 9.17) is 4.74 Å². The highest BCUT2D eigenvalue weighted by Crippen LogP contribution is 2.30. The van der Waals surface area contributed by atoms with Gasteiger partial charge in [-0.1, -0.05) is 23.8 Å². The van der Waals surface area contributed by atoms with Crippen molar-refractivity contribution < 1.29 is 9.53 Å². The Hall–Kier alpha value is -2.35. The maximum Gasteiger partial charge on any atom is 0.189 e. The van der Waals surface area contributed by atoms with E-state index in [0.29, 0.717) is 0 Å². The number of allylic oxidation sites excluding steroid dienone is 1. The smallest absolute Gasteiger partial charge is 0.189 e. The minimum Gasteiger partial charge on any atom is -0.497 e. The summed E-state index contributed by atoms with van der Waals surface area (Å²) in [6, 6.07) is 12.0. The Labute approximate surface area is 131 Å². The minimum absolute atomic E-state index is 0.163. The van der Waals surface area contributed by atoms with E-state index in [1.807, 2.05) is 43.3 Å². The van der Waals surface area contributed by atoms with Crippen LogP contribution in [0.25, 0.3) is 6.08 Å². The van der Waals surface area contributed by atoms with Crippen LogP contribution in [0.2, 0.25) is 0 Å². The van der Waals surface area contributed by atoms with Crippen LogP contribution in [0.4, 0.5) is 0 Å². The van der Waals surface area contributed by atoms with Crippen molar-refractivity contribution in [2.75, 3.05) is 7.11 Å². The number of fused-ring (bicyclic) bond motifs is 1. The topological polar surface area (TPSA) is 26.3 Å². The van der Waals surface area contributed by atoms with E-state index in [1.165, 1.54) is 11.1 Å². The molecule has 2 nitrogen and oxygen atoms in total. The zero-order valence-corrected chi connectivity index (χ0v) is 13.3. The van der Waals surface area contributed by atoms with Gasteiger partial charge in [0, 0.05) is 11.1 Å². The van der Waals surface area contributed by atoms with Crippen molar-refractivity contribution in [1.29, 1.82) is 0 Å². The van der Waals surface area contributed by atoms with Gasteiger partial charge in [0.2, 0.25) is 0 Å². The first-order valence-corrected chi connectivity index (χ1v) is 7.58. The van der Waals surface area contributed by atoms with E-state index in [9.17, 15) is 4.79 Å². The number of hydrogen-bond donors (Lipinski definition) is 0. The fraction of sp³-hybridized carbons (Fsp3) is 0.250. The summed E-state index contributed by atoms with van der Waals surface area (Å²) in [5.41, 5.74) is 6.34. The third kappa shape index (κ3) is 2.69. The molecule has 2 aromatic rings. The Morgan fingerprint density at radius 1 is 1.09 bits per heavy atom. The molecule has 0 amide bonds. The van der Waals surface area contributed by atoms with Crippen molar-refractivity contribution in [1.82, 2.24) is 0 Å². The van der Waals surface area contributed by atoms with Gasteiger partial charge in [-0.2, -0.15) is 0 Å². The Morgan fingerprint density at radius 2 is 1.91 bits per heavy atom. The molecule has 0 unspecified atom stereocenters. The zero-order valence-electron chi connectivity index (χ0n) is 13.3. The molecule has 0 spiro atoms. The first-order chi connectivity index (χ1) is 10.6. The lowest BCUT2D eigenvalue weighted by atomic mass is 9.83. The number of carbonyl (C=O) groups excluding carboxylic acids is 1. The molecule has 3 rings (SSSR count). The van der Waals surface area contributed by atoms with Crippen molar-refractivity contribution in [3.8, 4) is 5.75 Å². The van der Waals surface area contributed by atoms with Crippen molar-refractivity contribution in [3.63, 3.8) is 0 Å². The van der Waals surface area contributed by atoms with E-state index in [0.717, 1.165) is 40.9 Å². The normalized spacial score (nSPS) is 15.8. The van der Waals surface area contributed by atoms with Crippen molar-refractivity contribution in [2.45, 2.75) is 26.7 Å². The van der Waals surface area contributed by atoms with Crippen molar-refractivity contribution in [3.05, 3.63) is 69.8 Å². The predicted octanol–water partition coefficient (Wildman–Crippen LogP) is 4.52. The number of carbonyl (C=O) groups is 1. The van der Waals surface area contributed by atoms with Crippen LogP contribution in [0, 0.1) is 13.8 Å². The summed E-state index contributed by atoms with van der Waals surface area (Å²) in [7, 11) is 1.65. The van der Waals surface area contributed by atoms with Crippen LogP contribution in [0.15, 0.2) is 42.0 Å². The summed E-state index contributed by atoms with van der Waals surface area (Å²) < 4.78 is 5.24. The standard InChI is InChI=1S/C20H20O2/c1-13-9-14(2)18-8-7-16(20(21)19(18)10-13)11-15-5-4-6-17(12-15)22-3/h4-6,9-12H,7-8H2,1-3H3/b16-11-. The molecule has 0 aliphatic heterocycles. The Kier molecular flexibility index (Phi) is 3.84. The van der Waals surface area contributed by atoms with Gasteiger partial charge in [0.05, 0.1) is 7.11 Å². The maximum absolute atomic E-state index is 12.8. The lowest BCUT2D eigenvalue weighted by molar-refractivity contribution is 0.102. The molecule has 22 heavy (non-hydrogen) atoms. The number of ether oxygens (including phenoxy) is 1. The quantitative estimate of drug-likeness (QED) is 0.760. The maximum atomic E-state index is 12.8. The van der Waals surface area contributed by atoms with E-state index in [2.05, 4.69) is 13.0 Å². The van der Waals surface area contributed by atoms with E-state index < -0.39 is 0 Å². The fourth-order valence-electron chi connectivity index (χ4n) is 3.15. The SMILES string of the molecule is COc1cccc(/C=C2/CCc3c(C)cc(C)cc3C2=O)c1. The molecule has 0 atom stereocenters. The van der Waals surface area contributed by atoms with Gasteiger partial charge in [-0.25, -0.2) is 0 Å². The first kappa shape index (κ1) is 14.6. The molecule has 0 fully saturated rings. The summed E-state index contributed by atoms with van der Waals surface area (Å²) in [6.07, 6.45) is 3.72. The Balaban J connectivity index is 2.00. The average Bonchev–Trinajstić information content (AvgIpc) is 2.51. The predicted molar refractivity (Wildman–Crippen MR) is 89.5 cm³/mol. The molecule has 0 bridgehead atoms. The number of rotatable bonds is 2. The lowest BCUT2D eigenvalue weighted by Gasteiger charge is -2.20. The van der Waals surface area contributed by atoms with Crippen LogP contribution in [-0.2, 0) is 6.42 Å². The molecule has 0 saturated carbocycles. The summed E-state index contributed by atoms with van der Waals surface area (Å²) in [5.74, 6) is 0.973. The second-order valence-corrected chi connectivity index (χ2v) is 5.88. The number of ketones is 1. The van der Waals surface area contributed by atoms with E-state index in [1.54, 1.807) is 7.11 Å². The number of hydrogen-bond acceptors (Lipinski definition) is 2. The molecular formula is C20H20O2. The minimum atomic E-state index is 0.163. The molecule has 0 N–H and O–H groups in total. The molecule has 112 valence electrons. The second-order valence-electron chi connectivity index (χ2n) is 5.88. The van der Waals surface area contributed by atoms with Gasteiger partial charge in [-0.3, -0.25) is 4.79 Å². The number of methoxy groups -OCH3 is 1. The number of benzene rings is 2. The summed E-state index contributed by atoms with van der Waals surface area (Å²) in [5, 5.41) is 0. The second kappa shape index (κ2) is 5.80. The molecule has 0 heterocycles. The van der Waals surface area contributed by atoms with Gasteiger partial charge in [0.1, 0.15) is 5.75 Å². The highest BCUT2D eigenvalue weighted by Gasteiger charge is 2.23. The molecule has 0 aromatic heterocycles. The van der Waals surface area contributed by atoms with E-state index >= 15 is 0 Å². The third-order valence-corrected chi connectivity index (χ3v) is 4.23. The molecule has 0 saturated heterocycles. The fourth-order valence-corrected chi connectivity index (χ4v) is 3.15. The first-order valence-electron chi connectivity index (χ1n) is 7.58. The molecule has 1 aliphatic carbocycles. The highest BCUT2D eigenvalue weighted by atomic mass is 16.5. The van der Waals surface area contributed by atoms with Crippen molar-refractivity contribution in [2.24, 2.45) is 0 Å². The Bertz CT molecular complexity index is 769. The third-order valence-electron chi connectivity index (χ3n) is 4.23. The number of Topliss-reactive ketones (excluding diaryl/α,β-unsaturated/α-hetero) is 1. The lowest BCUT2D eigenvalue weighted by Crippen LogP contribution is -2.15. The molecule has 2 heteroatoms. The average molecular weight is 292 g/mol. The van der Waals surface area contributed by atoms with Gasteiger partial charge < -0.3 is 4.74 Å². The summed E-state index contributed by atoms with van der Waals surface area (Å²) >= 11 is 0. The van der Waals surface area contributed by atoms with Gasteiger partial charge >= 0.3 is 0 Å². The largest absolute Gasteiger partial charge is 0.497 e. The monoisotopic (exact) mass is 292 g/mol. The van der Waals surface area contributed by atoms with Crippen molar-refractivity contribution >= 4 is 11.9 Å². The van der Waals surface area contributed by atoms with Gasteiger partial charge in [-0.15, -0.1) is 0 Å². The zero-order chi connectivity index (χ0) is 15.7. The van der Waals surface area contributed by atoms with Crippen LogP contribution in [0.1, 0.15) is 39.0 Å². The van der Waals surface area contributed by atoms with Crippen LogP contribution >= 0.6 is 0 Å². The summed E-state index contributed by atoms with van der Waals surface area (Å²) in [4.78, 5) is 12.8. The van der Waals surface area contributed by atoms with E-state index in [-0.39, 0.29) is 5.78 Å². The number of aryl methyl sites for hydroxylation is 2. The molecular weight excluding hydrogens is 272 g/mol.